The van der Waals surface area contributed by atoms with Crippen LogP contribution in [0.25, 0.3) is 0 Å². The second-order valence-electron chi connectivity index (χ2n) is 44.1. The number of rotatable bonds is 9. The van der Waals surface area contributed by atoms with Gasteiger partial charge in [-0.15, -0.1) is 0 Å². The number of likely N-dealkylation sites (tertiary alicyclic amines) is 3. The average molecular weight is 1480 g/mol. The highest BCUT2D eigenvalue weighted by Crippen LogP contribution is 2.75. The van der Waals surface area contributed by atoms with E-state index in [-0.39, 0.29) is 54.9 Å². The first-order valence-corrected chi connectivity index (χ1v) is 44.4. The van der Waals surface area contributed by atoms with Gasteiger partial charge in [0.25, 0.3) is 0 Å². The van der Waals surface area contributed by atoms with Gasteiger partial charge >= 0.3 is 0 Å². The van der Waals surface area contributed by atoms with Crippen molar-refractivity contribution in [1.82, 2.24) is 30.2 Å². The van der Waals surface area contributed by atoms with Crippen molar-refractivity contribution < 1.29 is 19.2 Å². The lowest BCUT2D eigenvalue weighted by Crippen LogP contribution is -2.66. The Morgan fingerprint density at radius 1 is 0.404 bits per heavy atom. The van der Waals surface area contributed by atoms with E-state index in [2.05, 4.69) is 200 Å². The van der Waals surface area contributed by atoms with Crippen LogP contribution in [0.4, 0.5) is 0 Å². The Morgan fingerprint density at radius 3 is 1.06 bits per heavy atom. The van der Waals surface area contributed by atoms with Gasteiger partial charge in [0, 0.05) is 82.1 Å². The summed E-state index contributed by atoms with van der Waals surface area (Å²) < 4.78 is 0. The predicted octanol–water partition coefficient (Wildman–Crippen LogP) is 16.8. The third kappa shape index (κ3) is 13.2. The molecule has 11 unspecified atom stereocenters. The van der Waals surface area contributed by atoms with E-state index in [1.807, 2.05) is 0 Å². The molecule has 5 saturated heterocycles. The van der Waals surface area contributed by atoms with Crippen LogP contribution >= 0.6 is 0 Å². The van der Waals surface area contributed by atoms with Gasteiger partial charge in [0.2, 0.25) is 23.6 Å². The molecule has 21 aliphatic rings. The monoisotopic (exact) mass is 1480 g/mol. The molecule has 5 aliphatic heterocycles. The van der Waals surface area contributed by atoms with Crippen molar-refractivity contribution in [3.05, 3.63) is 144 Å². The Labute approximate surface area is 655 Å². The zero-order valence-corrected chi connectivity index (χ0v) is 68.2. The summed E-state index contributed by atoms with van der Waals surface area (Å²) >= 11 is 0. The van der Waals surface area contributed by atoms with Gasteiger partial charge in [-0.3, -0.25) is 19.2 Å². The van der Waals surface area contributed by atoms with Crippen LogP contribution in [-0.4, -0.2) is 132 Å². The van der Waals surface area contributed by atoms with Gasteiger partial charge in [0.15, 0.2) is 0 Å². The lowest BCUT2D eigenvalue weighted by Gasteiger charge is -2.66. The van der Waals surface area contributed by atoms with Gasteiger partial charge < -0.3 is 41.7 Å². The molecular weight excluding hydrogens is 1340 g/mol. The van der Waals surface area contributed by atoms with Crippen molar-refractivity contribution in [3.8, 4) is 0 Å². The molecule has 4 aromatic carbocycles. The summed E-state index contributed by atoms with van der Waals surface area (Å²) in [6.07, 6.45) is 36.3. The number of piperazine rings is 1. The molecule has 21 fully saturated rings. The van der Waals surface area contributed by atoms with Crippen LogP contribution in [0.5, 0.6) is 0 Å². The molecule has 0 radical (unpaired) electrons. The second-order valence-corrected chi connectivity index (χ2v) is 44.1. The van der Waals surface area contributed by atoms with Crippen LogP contribution in [0, 0.1) is 72.9 Å². The van der Waals surface area contributed by atoms with E-state index in [9.17, 15) is 19.2 Å². The number of benzene rings is 4. The van der Waals surface area contributed by atoms with Gasteiger partial charge in [-0.05, 0) is 308 Å². The number of hydrogen-bond acceptors (Lipinski definition) is 8. The number of carbonyl (C=O) groups is 4. The third-order valence-corrected chi connectivity index (χ3v) is 34.4. The van der Waals surface area contributed by atoms with E-state index in [0.717, 1.165) is 193 Å². The lowest BCUT2D eigenvalue weighted by molar-refractivity contribution is -0.173. The quantitative estimate of drug-likeness (QED) is 0.129. The molecule has 5 heterocycles. The van der Waals surface area contributed by atoms with Crippen LogP contribution in [0.3, 0.4) is 0 Å². The molecule has 4 amide bonds. The van der Waals surface area contributed by atoms with Crippen LogP contribution in [0.1, 0.15) is 270 Å². The molecule has 109 heavy (non-hydrogen) atoms. The van der Waals surface area contributed by atoms with Crippen molar-refractivity contribution in [2.45, 2.75) is 292 Å². The molecule has 1 spiro atoms. The topological polar surface area (TPSA) is 157 Å². The maximum atomic E-state index is 14.0. The molecule has 12 heteroatoms. The Kier molecular flexibility index (Phi) is 18.5. The van der Waals surface area contributed by atoms with E-state index in [1.165, 1.54) is 106 Å². The summed E-state index contributed by atoms with van der Waals surface area (Å²) in [5.74, 6) is 5.19. The summed E-state index contributed by atoms with van der Waals surface area (Å²) in [7, 11) is 0. The van der Waals surface area contributed by atoms with Crippen molar-refractivity contribution in [1.29, 1.82) is 0 Å². The number of nitrogens with one attached hydrogen (secondary N) is 2. The highest BCUT2D eigenvalue weighted by Gasteiger charge is 2.70. The molecule has 25 rings (SSSR count). The molecule has 588 valence electrons. The van der Waals surface area contributed by atoms with Gasteiger partial charge in [-0.1, -0.05) is 163 Å². The molecular formula is C97H136N8O4. The molecule has 0 aromatic heterocycles. The number of hydrogen-bond donors (Lipinski definition) is 4. The van der Waals surface area contributed by atoms with Crippen LogP contribution in [0.15, 0.2) is 121 Å². The largest absolute Gasteiger partial charge is 0.342 e. The molecule has 12 nitrogen and oxygen atoms in total. The summed E-state index contributed by atoms with van der Waals surface area (Å²) in [5.41, 5.74) is 20.5. The number of amides is 4. The van der Waals surface area contributed by atoms with E-state index >= 15 is 0 Å². The lowest BCUT2D eigenvalue weighted by atomic mass is 9.38. The van der Waals surface area contributed by atoms with Gasteiger partial charge in [0.1, 0.15) is 0 Å². The fraction of sp³-hybridized carbons (Fsp3) is 0.711. The van der Waals surface area contributed by atoms with E-state index < -0.39 is 0 Å². The van der Waals surface area contributed by atoms with Crippen LogP contribution in [0.2, 0.25) is 0 Å². The Morgan fingerprint density at radius 2 is 0.743 bits per heavy atom. The highest BCUT2D eigenvalue weighted by atomic mass is 16.2. The third-order valence-electron chi connectivity index (χ3n) is 34.4. The number of nitrogens with two attached hydrogens (primary N) is 2. The SMILES string of the molecule is CC1(N)CCN(C(=O)C23CC4C[C@@](C)(C2)C[C@](c2ccccc2)(C4)C3)CC1.CC1CN(C(=O)C23CC4C[C@@](C)(C2)C[C@](c2ccccc2)(C4)C3)CCC1N.CCC1CNCCN1C(=O)C12CC3C[C@@](C)(C1)C[C@](c1ccccc1)(C3)C2.C[C@]12CC3CC(C(=O)N4CCC5(CCN5)CC4)(C1)C[C@@](c1ccccc1)(C3)C2. The second kappa shape index (κ2) is 26.9. The summed E-state index contributed by atoms with van der Waals surface area (Å²) in [6, 6.07) is 45.2. The van der Waals surface area contributed by atoms with Crippen molar-refractivity contribution >= 4 is 23.6 Å². The molecule has 4 aromatic rings. The zero-order chi connectivity index (χ0) is 75.5. The van der Waals surface area contributed by atoms with Crippen molar-refractivity contribution in [3.63, 3.8) is 0 Å². The first-order valence-electron chi connectivity index (χ1n) is 44.4. The van der Waals surface area contributed by atoms with Crippen LogP contribution in [-0.2, 0) is 40.8 Å². The minimum absolute atomic E-state index is 0.0957. The minimum atomic E-state index is -0.134. The minimum Gasteiger partial charge on any atom is -0.342 e. The maximum absolute atomic E-state index is 14.0. The van der Waals surface area contributed by atoms with Crippen LogP contribution < -0.4 is 22.1 Å². The molecule has 16 bridgehead atoms. The van der Waals surface area contributed by atoms with Gasteiger partial charge in [-0.25, -0.2) is 0 Å². The molecule has 6 N–H and O–H groups in total. The predicted molar refractivity (Wildman–Crippen MR) is 436 cm³/mol. The van der Waals surface area contributed by atoms with E-state index in [1.54, 1.807) is 0 Å². The van der Waals surface area contributed by atoms with Crippen molar-refractivity contribution in [2.75, 3.05) is 65.4 Å². The fourth-order valence-electron chi connectivity index (χ4n) is 32.4. The highest BCUT2D eigenvalue weighted by molar-refractivity contribution is 5.86. The average Bonchev–Trinajstić information content (AvgIpc) is 0.711. The van der Waals surface area contributed by atoms with E-state index in [0.29, 0.717) is 74.6 Å². The maximum Gasteiger partial charge on any atom is 0.229 e. The number of piperidine rings is 3. The van der Waals surface area contributed by atoms with Gasteiger partial charge in [0.05, 0.1) is 21.7 Å². The molecule has 19 atom stereocenters. The Balaban J connectivity index is 0.000000102. The number of carbonyl (C=O) groups excluding carboxylic acids is 4. The smallest absolute Gasteiger partial charge is 0.229 e. The van der Waals surface area contributed by atoms with E-state index in [4.69, 9.17) is 11.5 Å². The standard InChI is InChI=1S/C25H34N2O.3C24H34N2O/c1-22-13-19-14-23(16-22,20-5-3-2-4-6-20)18-24(15-19,17-22)21(28)27-11-8-25(9-12-27)7-10-26-25;1-21-12-18-13-23(15-21,19-6-4-3-5-7-19)17-24(14-18,16-21)20(27)26-10-8-22(2,25)9-11-26;1-17-13-26(9-8-20(17)25)21(27)24-12-18-10-22(2,15-24)14-23(11-18,16-24)19-6-4-3-5-7-19;1-3-20-14-25-9-10-26(20)21(27)24-13-18-11-22(2,16-24)15-23(12-18,17-24)19-7-5-4-6-8-19/h2-6,19,26H,7-18H2,1H3;3-7,18H,8-17,25H2,1-2H3;3-7,17-18,20H,8-16,25H2,1-2H3;4-8,18,20,25H,3,9-17H2,1-2H3/t19?,22-,23-,24?;18?,21-,23-,24?;17?,18?,20?,22-,23-,24?;18?,20?,22-,23-,24?/m1111/s1. The Bertz CT molecular complexity index is 4060. The summed E-state index contributed by atoms with van der Waals surface area (Å²) in [5, 5.41) is 7.14. The summed E-state index contributed by atoms with van der Waals surface area (Å²) in [4.78, 5) is 64.7. The zero-order valence-electron chi connectivity index (χ0n) is 68.2. The molecule has 16 saturated carbocycles. The Hall–Kier alpha value is -5.40. The number of nitrogens with zero attached hydrogens (tertiary/aromatic N) is 4. The summed E-state index contributed by atoms with van der Waals surface area (Å²) in [6.45, 7) is 25.7. The normalized spacial score (nSPS) is 43.6. The first kappa shape index (κ1) is 75.0. The first-order chi connectivity index (χ1) is 52.0. The van der Waals surface area contributed by atoms with Crippen molar-refractivity contribution in [2.24, 2.45) is 84.4 Å². The van der Waals surface area contributed by atoms with Gasteiger partial charge in [-0.2, -0.15) is 0 Å². The molecule has 16 aliphatic carbocycles. The fourth-order valence-corrected chi connectivity index (χ4v) is 32.4.